The predicted molar refractivity (Wildman–Crippen MR) is 50.6 cm³/mol. The minimum absolute atomic E-state index is 0. The van der Waals surface area contributed by atoms with Crippen LogP contribution in [0.4, 0.5) is 0 Å². The van der Waals surface area contributed by atoms with Crippen LogP contribution in [0.15, 0.2) is 21.9 Å². The van der Waals surface area contributed by atoms with Crippen molar-refractivity contribution in [1.82, 2.24) is 0 Å². The van der Waals surface area contributed by atoms with Gasteiger partial charge >= 0.3 is 59.1 Å². The van der Waals surface area contributed by atoms with Gasteiger partial charge in [0.1, 0.15) is 36.6 Å². The molecule has 0 saturated heterocycles. The van der Waals surface area contributed by atoms with Gasteiger partial charge in [0.05, 0.1) is 12.0 Å². The second-order valence-electron chi connectivity index (χ2n) is 2.88. The van der Waals surface area contributed by atoms with Crippen molar-refractivity contribution in [2.75, 3.05) is 7.11 Å². The molecule has 12 heteroatoms. The molecule has 0 aliphatic heterocycles. The van der Waals surface area contributed by atoms with Crippen molar-refractivity contribution >= 4 is 20.2 Å². The summed E-state index contributed by atoms with van der Waals surface area (Å²) in [6.07, 6.45) is 0. The van der Waals surface area contributed by atoms with Crippen LogP contribution in [0.1, 0.15) is 0 Å². The van der Waals surface area contributed by atoms with Gasteiger partial charge in [0.15, 0.2) is 0 Å². The third-order valence-electron chi connectivity index (χ3n) is 1.76. The van der Waals surface area contributed by atoms with Gasteiger partial charge in [-0.3, -0.25) is 0 Å². The normalized spacial score (nSPS) is 11.1. The smallest absolute Gasteiger partial charge is 0.744 e. The third-order valence-corrected chi connectivity index (χ3v) is 3.68. The van der Waals surface area contributed by atoms with Gasteiger partial charge in [-0.25, -0.2) is 16.8 Å². The quantitative estimate of drug-likeness (QED) is 0.426. The molecule has 0 aliphatic carbocycles. The molecular formula is C7H6Na2O8S2. The molecule has 0 atom stereocenters. The molecular weight excluding hydrogens is 322 g/mol. The van der Waals surface area contributed by atoms with E-state index in [9.17, 15) is 31.0 Å². The maximum absolute atomic E-state index is 10.8. The molecule has 1 aromatic carbocycles. The van der Waals surface area contributed by atoms with Crippen LogP contribution in [0.3, 0.4) is 0 Å². The summed E-state index contributed by atoms with van der Waals surface area (Å²) in [5.74, 6) is -1.43. The van der Waals surface area contributed by atoms with Crippen molar-refractivity contribution in [2.45, 2.75) is 9.79 Å². The summed E-state index contributed by atoms with van der Waals surface area (Å²) in [6.45, 7) is 0. The zero-order chi connectivity index (χ0) is 13.4. The Labute approximate surface area is 154 Å². The molecule has 0 bridgehead atoms. The van der Waals surface area contributed by atoms with Gasteiger partial charge in [-0.1, -0.05) is 0 Å². The summed E-state index contributed by atoms with van der Waals surface area (Å²) in [4.78, 5) is -2.82. The number of phenols is 1. The number of hydrogen-bond donors (Lipinski definition) is 1. The summed E-state index contributed by atoms with van der Waals surface area (Å²) in [5, 5.41) is 9.24. The van der Waals surface area contributed by atoms with Crippen LogP contribution in [0.5, 0.6) is 11.5 Å². The fraction of sp³-hybridized carbons (Fsp3) is 0.143. The van der Waals surface area contributed by atoms with Gasteiger partial charge in [-0.15, -0.1) is 0 Å². The summed E-state index contributed by atoms with van der Waals surface area (Å²) < 4.78 is 69.2. The van der Waals surface area contributed by atoms with Crippen molar-refractivity contribution in [3.05, 3.63) is 12.1 Å². The maximum Gasteiger partial charge on any atom is 1.00 e. The van der Waals surface area contributed by atoms with Gasteiger partial charge < -0.3 is 18.9 Å². The van der Waals surface area contributed by atoms with Crippen molar-refractivity contribution < 1.29 is 94.9 Å². The Morgan fingerprint density at radius 2 is 1.53 bits per heavy atom. The van der Waals surface area contributed by atoms with Gasteiger partial charge in [0.2, 0.25) is 0 Å². The van der Waals surface area contributed by atoms with E-state index in [1.165, 1.54) is 0 Å². The number of benzene rings is 1. The molecule has 0 aliphatic rings. The van der Waals surface area contributed by atoms with Crippen LogP contribution in [0.25, 0.3) is 0 Å². The topological polar surface area (TPSA) is 144 Å². The van der Waals surface area contributed by atoms with Gasteiger partial charge in [0, 0.05) is 6.07 Å². The molecule has 1 aromatic rings. The van der Waals surface area contributed by atoms with E-state index in [0.717, 1.165) is 7.11 Å². The number of hydrogen-bond acceptors (Lipinski definition) is 8. The van der Waals surface area contributed by atoms with Gasteiger partial charge in [0.25, 0.3) is 0 Å². The minimum atomic E-state index is -5.31. The Balaban J connectivity index is 0. The molecule has 8 nitrogen and oxygen atoms in total. The van der Waals surface area contributed by atoms with Crippen molar-refractivity contribution in [1.29, 1.82) is 0 Å². The predicted octanol–water partition coefficient (Wildman–Crippen LogP) is -6.78. The zero-order valence-electron chi connectivity index (χ0n) is 10.3. The molecule has 0 fully saturated rings. The van der Waals surface area contributed by atoms with E-state index in [1.807, 2.05) is 0 Å². The molecule has 96 valence electrons. The second-order valence-corrected chi connectivity index (χ2v) is 5.55. The Morgan fingerprint density at radius 1 is 1.05 bits per heavy atom. The van der Waals surface area contributed by atoms with Crippen molar-refractivity contribution in [3.63, 3.8) is 0 Å². The fourth-order valence-corrected chi connectivity index (χ4v) is 2.94. The van der Waals surface area contributed by atoms with E-state index in [-0.39, 0.29) is 64.9 Å². The largest absolute Gasteiger partial charge is 1.00 e. The van der Waals surface area contributed by atoms with Crippen LogP contribution in [0, 0.1) is 0 Å². The van der Waals surface area contributed by atoms with E-state index in [4.69, 9.17) is 0 Å². The first-order valence-corrected chi connectivity index (χ1v) is 6.72. The summed E-state index contributed by atoms with van der Waals surface area (Å²) in [7, 11) is -9.45. The molecule has 1 rings (SSSR count). The minimum Gasteiger partial charge on any atom is -0.744 e. The van der Waals surface area contributed by atoms with E-state index in [0.29, 0.717) is 12.1 Å². The first-order valence-electron chi connectivity index (χ1n) is 3.90. The van der Waals surface area contributed by atoms with E-state index in [1.54, 1.807) is 0 Å². The number of phenolic OH excluding ortho intramolecular Hbond substituents is 1. The SMILES string of the molecule is COc1cc(O)c(S(=O)(=O)[O-])c(S(=O)(=O)[O-])c1.[Na+].[Na+]. The monoisotopic (exact) mass is 328 g/mol. The molecule has 0 radical (unpaired) electrons. The van der Waals surface area contributed by atoms with Crippen LogP contribution in [-0.4, -0.2) is 38.2 Å². The summed E-state index contributed by atoms with van der Waals surface area (Å²) >= 11 is 0. The van der Waals surface area contributed by atoms with E-state index in [2.05, 4.69) is 4.74 Å². The third kappa shape index (κ3) is 5.50. The summed E-state index contributed by atoms with van der Waals surface area (Å²) in [6, 6.07) is 1.26. The number of rotatable bonds is 3. The van der Waals surface area contributed by atoms with Crippen LogP contribution >= 0.6 is 0 Å². The molecule has 0 spiro atoms. The average Bonchev–Trinajstić information content (AvgIpc) is 2.12. The molecule has 0 heterocycles. The molecule has 0 aromatic heterocycles. The average molecular weight is 328 g/mol. The van der Waals surface area contributed by atoms with Crippen molar-refractivity contribution in [2.24, 2.45) is 0 Å². The Hall–Kier alpha value is 0.640. The molecule has 0 unspecified atom stereocenters. The Bertz CT molecular complexity index is 652. The van der Waals surface area contributed by atoms with Crippen molar-refractivity contribution in [3.8, 4) is 11.5 Å². The first kappa shape index (κ1) is 21.9. The molecule has 1 N–H and O–H groups in total. The second kappa shape index (κ2) is 7.59. The molecule has 0 saturated carbocycles. The summed E-state index contributed by atoms with van der Waals surface area (Å²) in [5.41, 5.74) is 0. The standard InChI is InChI=1S/C7H8O8S2.2Na/c1-15-4-2-5(8)7(17(12,13)14)6(3-4)16(9,10)11;;/h2-3,8H,1H3,(H,9,10,11)(H,12,13,14);;/q;2*+1/p-2. The van der Waals surface area contributed by atoms with Crippen LogP contribution in [-0.2, 0) is 20.2 Å². The molecule has 19 heavy (non-hydrogen) atoms. The fourth-order valence-electron chi connectivity index (χ4n) is 1.12. The number of aromatic hydroxyl groups is 1. The number of ether oxygens (including phenoxy) is 1. The molecule has 0 amide bonds. The van der Waals surface area contributed by atoms with E-state index >= 15 is 0 Å². The zero-order valence-corrected chi connectivity index (χ0v) is 15.9. The first-order chi connectivity index (χ1) is 7.57. The maximum atomic E-state index is 10.8. The Morgan fingerprint density at radius 3 is 1.84 bits per heavy atom. The van der Waals surface area contributed by atoms with Crippen LogP contribution in [0.2, 0.25) is 0 Å². The number of methoxy groups -OCH3 is 1. The van der Waals surface area contributed by atoms with Gasteiger partial charge in [-0.2, -0.15) is 0 Å². The Kier molecular flexibility index (Phi) is 8.76. The van der Waals surface area contributed by atoms with Crippen LogP contribution < -0.4 is 63.9 Å². The van der Waals surface area contributed by atoms with Gasteiger partial charge in [-0.05, 0) is 6.07 Å². The van der Waals surface area contributed by atoms with E-state index < -0.39 is 35.8 Å².